The minimum Gasteiger partial charge on any atom is -0.444 e. The number of carbonyl (C=O) groups is 1. The summed E-state index contributed by atoms with van der Waals surface area (Å²) in [6, 6.07) is 9.45. The van der Waals surface area contributed by atoms with Gasteiger partial charge < -0.3 is 4.74 Å². The maximum Gasteiger partial charge on any atom is 0.413 e. The summed E-state index contributed by atoms with van der Waals surface area (Å²) in [6.07, 6.45) is 0.766. The minimum atomic E-state index is -0.573. The Morgan fingerprint density at radius 3 is 2.90 bits per heavy atom. The van der Waals surface area contributed by atoms with Crippen LogP contribution in [-0.4, -0.2) is 26.3 Å². The van der Waals surface area contributed by atoms with Crippen LogP contribution in [0.4, 0.5) is 10.6 Å². The molecular formula is C13H10IN5O2. The maximum atomic E-state index is 11.8. The molecule has 7 nitrogen and oxygen atoms in total. The number of ether oxygens (including phenoxy) is 1. The Morgan fingerprint density at radius 2 is 2.10 bits per heavy atom. The predicted octanol–water partition coefficient (Wildman–Crippen LogP) is 2.71. The van der Waals surface area contributed by atoms with Crippen molar-refractivity contribution in [1.29, 1.82) is 0 Å². The number of nitrogens with zero attached hydrogens (tertiary/aromatic N) is 3. The Labute approximate surface area is 133 Å². The number of nitrogens with one attached hydrogen (secondary N) is 2. The van der Waals surface area contributed by atoms with Crippen LogP contribution < -0.4 is 5.32 Å². The molecule has 0 bridgehead atoms. The molecule has 8 heteroatoms. The minimum absolute atomic E-state index is 0.198. The first-order chi connectivity index (χ1) is 10.2. The Hall–Kier alpha value is -2.23. The number of fused-ring (bicyclic) bond motifs is 1. The molecule has 2 N–H and O–H groups in total. The highest BCUT2D eigenvalue weighted by atomic mass is 127. The largest absolute Gasteiger partial charge is 0.444 e. The van der Waals surface area contributed by atoms with Crippen LogP contribution in [0.5, 0.6) is 0 Å². The van der Waals surface area contributed by atoms with E-state index in [1.54, 1.807) is 0 Å². The van der Waals surface area contributed by atoms with Crippen molar-refractivity contribution in [2.75, 3.05) is 5.32 Å². The zero-order valence-corrected chi connectivity index (χ0v) is 12.9. The molecule has 0 spiro atoms. The summed E-state index contributed by atoms with van der Waals surface area (Å²) in [6.45, 7) is 0.198. The second-order valence-corrected chi connectivity index (χ2v) is 5.22. The molecule has 2 heterocycles. The number of amides is 1. The van der Waals surface area contributed by atoms with Gasteiger partial charge in [-0.1, -0.05) is 30.3 Å². The molecule has 0 aliphatic heterocycles. The lowest BCUT2D eigenvalue weighted by molar-refractivity contribution is 0.155. The number of H-pyrrole nitrogens is 1. The van der Waals surface area contributed by atoms with E-state index >= 15 is 0 Å². The normalized spacial score (nSPS) is 10.5. The van der Waals surface area contributed by atoms with Crippen molar-refractivity contribution in [3.8, 4) is 0 Å². The molecular weight excluding hydrogens is 385 g/mol. The molecule has 106 valence electrons. The summed E-state index contributed by atoms with van der Waals surface area (Å²) in [5.74, 6) is 0.371. The second-order valence-electron chi connectivity index (χ2n) is 4.15. The SMILES string of the molecule is O=C(Nc1ncnc2n[nH]c(I)c12)OCc1ccccc1. The van der Waals surface area contributed by atoms with E-state index < -0.39 is 6.09 Å². The number of benzene rings is 1. The number of aromatic nitrogens is 4. The zero-order valence-electron chi connectivity index (χ0n) is 10.7. The number of aromatic amines is 1. The predicted molar refractivity (Wildman–Crippen MR) is 84.7 cm³/mol. The molecule has 0 unspecified atom stereocenters. The summed E-state index contributed by atoms with van der Waals surface area (Å²) >= 11 is 2.07. The fourth-order valence-electron chi connectivity index (χ4n) is 1.77. The smallest absolute Gasteiger partial charge is 0.413 e. The Morgan fingerprint density at radius 1 is 1.29 bits per heavy atom. The first-order valence-corrected chi connectivity index (χ1v) is 7.14. The van der Waals surface area contributed by atoms with Gasteiger partial charge in [0.25, 0.3) is 0 Å². The van der Waals surface area contributed by atoms with E-state index in [4.69, 9.17) is 4.74 Å². The Balaban J connectivity index is 1.70. The number of anilines is 1. The number of halogens is 1. The van der Waals surface area contributed by atoms with Crippen LogP contribution in [-0.2, 0) is 11.3 Å². The van der Waals surface area contributed by atoms with Crippen LogP contribution in [0.1, 0.15) is 5.56 Å². The number of hydrogen-bond donors (Lipinski definition) is 2. The van der Waals surface area contributed by atoms with Crippen molar-refractivity contribution in [3.63, 3.8) is 0 Å². The molecule has 0 saturated heterocycles. The first kappa shape index (κ1) is 13.7. The van der Waals surface area contributed by atoms with Crippen molar-refractivity contribution in [2.24, 2.45) is 0 Å². The van der Waals surface area contributed by atoms with E-state index in [-0.39, 0.29) is 6.61 Å². The average molecular weight is 395 g/mol. The maximum absolute atomic E-state index is 11.8. The monoisotopic (exact) mass is 395 g/mol. The standard InChI is InChI=1S/C13H10IN5O2/c14-10-9-11(15-7-16-12(9)19-18-10)17-13(20)21-6-8-4-2-1-3-5-8/h1-5,7H,6H2,(H2,15,16,17,18,19,20). The van der Waals surface area contributed by atoms with Crippen LogP contribution in [0.2, 0.25) is 0 Å². The fraction of sp³-hybridized carbons (Fsp3) is 0.0769. The van der Waals surface area contributed by atoms with Gasteiger partial charge in [-0.15, -0.1) is 0 Å². The van der Waals surface area contributed by atoms with E-state index in [1.165, 1.54) is 6.33 Å². The molecule has 0 radical (unpaired) electrons. The lowest BCUT2D eigenvalue weighted by Gasteiger charge is -2.07. The summed E-state index contributed by atoms with van der Waals surface area (Å²) in [7, 11) is 0. The van der Waals surface area contributed by atoms with Gasteiger partial charge in [0.15, 0.2) is 11.5 Å². The van der Waals surface area contributed by atoms with Gasteiger partial charge in [-0.05, 0) is 28.2 Å². The Kier molecular flexibility index (Phi) is 3.95. The highest BCUT2D eigenvalue weighted by molar-refractivity contribution is 14.1. The third-order valence-electron chi connectivity index (χ3n) is 2.74. The fourth-order valence-corrected chi connectivity index (χ4v) is 2.39. The van der Waals surface area contributed by atoms with E-state index in [1.807, 2.05) is 30.3 Å². The number of rotatable bonds is 3. The van der Waals surface area contributed by atoms with Gasteiger partial charge in [0, 0.05) is 0 Å². The quantitative estimate of drug-likeness (QED) is 0.666. The number of carbonyl (C=O) groups excluding carboxylic acids is 1. The van der Waals surface area contributed by atoms with E-state index in [0.717, 1.165) is 9.26 Å². The number of hydrogen-bond acceptors (Lipinski definition) is 5. The van der Waals surface area contributed by atoms with Crippen molar-refractivity contribution in [3.05, 3.63) is 45.9 Å². The molecule has 2 aromatic heterocycles. The summed E-state index contributed by atoms with van der Waals surface area (Å²) in [5.41, 5.74) is 1.41. The van der Waals surface area contributed by atoms with Crippen molar-refractivity contribution in [2.45, 2.75) is 6.61 Å². The topological polar surface area (TPSA) is 92.8 Å². The van der Waals surface area contributed by atoms with Gasteiger partial charge in [-0.2, -0.15) is 5.10 Å². The highest BCUT2D eigenvalue weighted by Gasteiger charge is 2.13. The third-order valence-corrected chi connectivity index (χ3v) is 3.52. The van der Waals surface area contributed by atoms with E-state index in [9.17, 15) is 4.79 Å². The van der Waals surface area contributed by atoms with Crippen LogP contribution in [0.15, 0.2) is 36.7 Å². The molecule has 0 saturated carbocycles. The summed E-state index contributed by atoms with van der Waals surface area (Å²) in [4.78, 5) is 19.9. The van der Waals surface area contributed by atoms with Crippen molar-refractivity contribution >= 4 is 45.5 Å². The van der Waals surface area contributed by atoms with Crippen LogP contribution in [0, 0.1) is 3.70 Å². The first-order valence-electron chi connectivity index (χ1n) is 6.06. The molecule has 0 atom stereocenters. The van der Waals surface area contributed by atoms with Gasteiger partial charge >= 0.3 is 6.09 Å². The van der Waals surface area contributed by atoms with E-state index in [2.05, 4.69) is 48.1 Å². The highest BCUT2D eigenvalue weighted by Crippen LogP contribution is 2.22. The summed E-state index contributed by atoms with van der Waals surface area (Å²) < 4.78 is 5.91. The van der Waals surface area contributed by atoms with E-state index in [0.29, 0.717) is 16.9 Å². The molecule has 21 heavy (non-hydrogen) atoms. The van der Waals surface area contributed by atoms with Crippen LogP contribution in [0.3, 0.4) is 0 Å². The zero-order chi connectivity index (χ0) is 14.7. The third kappa shape index (κ3) is 3.10. The second kappa shape index (κ2) is 6.04. The molecule has 1 amide bonds. The molecule has 1 aromatic carbocycles. The molecule has 0 aliphatic carbocycles. The Bertz CT molecular complexity index is 775. The summed E-state index contributed by atoms with van der Waals surface area (Å²) in [5, 5.41) is 10.1. The average Bonchev–Trinajstić information content (AvgIpc) is 2.89. The molecule has 3 aromatic rings. The lowest BCUT2D eigenvalue weighted by atomic mass is 10.2. The molecule has 0 fully saturated rings. The van der Waals surface area contributed by atoms with Gasteiger partial charge in [0.1, 0.15) is 16.6 Å². The molecule has 0 aliphatic rings. The van der Waals surface area contributed by atoms with Crippen molar-refractivity contribution in [1.82, 2.24) is 20.2 Å². The van der Waals surface area contributed by atoms with Gasteiger partial charge in [0.05, 0.1) is 5.39 Å². The van der Waals surface area contributed by atoms with Crippen LogP contribution in [0.25, 0.3) is 11.0 Å². The molecule has 3 rings (SSSR count). The van der Waals surface area contributed by atoms with Gasteiger partial charge in [-0.3, -0.25) is 10.4 Å². The van der Waals surface area contributed by atoms with Gasteiger partial charge in [0.2, 0.25) is 0 Å². The van der Waals surface area contributed by atoms with Gasteiger partial charge in [-0.25, -0.2) is 14.8 Å². The van der Waals surface area contributed by atoms with Crippen molar-refractivity contribution < 1.29 is 9.53 Å². The van der Waals surface area contributed by atoms with Crippen LogP contribution >= 0.6 is 22.6 Å². The lowest BCUT2D eigenvalue weighted by Crippen LogP contribution is -2.15.